The second kappa shape index (κ2) is 9.73. The molecule has 10 heteroatoms. The van der Waals surface area contributed by atoms with Crippen molar-refractivity contribution in [3.8, 4) is 0 Å². The van der Waals surface area contributed by atoms with Crippen molar-refractivity contribution < 1.29 is 14.5 Å². The van der Waals surface area contributed by atoms with E-state index in [4.69, 9.17) is 0 Å². The lowest BCUT2D eigenvalue weighted by atomic mass is 10.1. The number of nitrogens with zero attached hydrogens (tertiary/aromatic N) is 3. The van der Waals surface area contributed by atoms with E-state index >= 15 is 0 Å². The highest BCUT2D eigenvalue weighted by atomic mass is 16.6. The van der Waals surface area contributed by atoms with E-state index in [9.17, 15) is 19.7 Å². The van der Waals surface area contributed by atoms with E-state index in [-0.39, 0.29) is 17.6 Å². The van der Waals surface area contributed by atoms with Gasteiger partial charge in [-0.25, -0.2) is 4.79 Å². The van der Waals surface area contributed by atoms with Crippen LogP contribution in [0.4, 0.5) is 21.9 Å². The quantitative estimate of drug-likeness (QED) is 0.382. The number of aromatic nitrogens is 2. The van der Waals surface area contributed by atoms with Gasteiger partial charge in [-0.05, 0) is 56.7 Å². The van der Waals surface area contributed by atoms with Crippen LogP contribution in [-0.2, 0) is 6.54 Å². The van der Waals surface area contributed by atoms with Crippen LogP contribution >= 0.6 is 0 Å². The molecule has 0 atom stereocenters. The molecular formula is C22H24N6O4. The number of nitro groups is 1. The van der Waals surface area contributed by atoms with Gasteiger partial charge in [0.2, 0.25) is 0 Å². The maximum absolute atomic E-state index is 12.6. The molecular weight excluding hydrogens is 412 g/mol. The summed E-state index contributed by atoms with van der Waals surface area (Å²) >= 11 is 0. The van der Waals surface area contributed by atoms with E-state index < -0.39 is 4.92 Å². The summed E-state index contributed by atoms with van der Waals surface area (Å²) in [5, 5.41) is 23.5. The molecule has 0 unspecified atom stereocenters. The number of anilines is 2. The molecule has 3 N–H and O–H groups in total. The van der Waals surface area contributed by atoms with Crippen LogP contribution < -0.4 is 16.0 Å². The smallest absolute Gasteiger partial charge is 0.319 e. The molecule has 0 fully saturated rings. The van der Waals surface area contributed by atoms with Crippen LogP contribution in [0, 0.1) is 24.0 Å². The number of aryl methyl sites for hydroxylation is 1. The van der Waals surface area contributed by atoms with Gasteiger partial charge in [0, 0.05) is 23.5 Å². The van der Waals surface area contributed by atoms with Gasteiger partial charge in [-0.3, -0.25) is 19.6 Å². The zero-order valence-corrected chi connectivity index (χ0v) is 18.0. The van der Waals surface area contributed by atoms with Crippen LogP contribution in [0.1, 0.15) is 34.2 Å². The molecule has 0 spiro atoms. The number of urea groups is 1. The average Bonchev–Trinajstić information content (AvgIpc) is 3.02. The maximum Gasteiger partial charge on any atom is 0.319 e. The van der Waals surface area contributed by atoms with Gasteiger partial charge in [0.15, 0.2) is 0 Å². The average molecular weight is 436 g/mol. The number of carbonyl (C=O) groups excluding carboxylic acids is 2. The molecule has 0 saturated heterocycles. The van der Waals surface area contributed by atoms with Crippen molar-refractivity contribution in [1.29, 1.82) is 0 Å². The standard InChI is InChI=1S/C22H24N6O4/c1-4-23-22(30)25-19-7-5-6-18(12-19)24-21(29)17-10-8-16(9-11-17)13-27-15(3)20(28(31)32)14(2)26-27/h5-12H,4,13H2,1-3H3,(H,24,29)(H2,23,25,30). The second-order valence-corrected chi connectivity index (χ2v) is 7.15. The normalized spacial score (nSPS) is 10.5. The lowest BCUT2D eigenvalue weighted by Crippen LogP contribution is -2.28. The van der Waals surface area contributed by atoms with E-state index in [0.29, 0.717) is 41.4 Å². The van der Waals surface area contributed by atoms with Gasteiger partial charge < -0.3 is 16.0 Å². The number of hydrogen-bond donors (Lipinski definition) is 3. The molecule has 0 saturated carbocycles. The van der Waals surface area contributed by atoms with Crippen LogP contribution in [0.15, 0.2) is 48.5 Å². The molecule has 1 heterocycles. The van der Waals surface area contributed by atoms with Gasteiger partial charge in [-0.15, -0.1) is 0 Å². The summed E-state index contributed by atoms with van der Waals surface area (Å²) in [6, 6.07) is 13.5. The largest absolute Gasteiger partial charge is 0.338 e. The van der Waals surface area contributed by atoms with E-state index in [1.54, 1.807) is 67.1 Å². The minimum Gasteiger partial charge on any atom is -0.338 e. The first-order chi connectivity index (χ1) is 15.3. The number of nitrogens with one attached hydrogen (secondary N) is 3. The summed E-state index contributed by atoms with van der Waals surface area (Å²) in [5.74, 6) is -0.298. The first kappa shape index (κ1) is 22.5. The highest BCUT2D eigenvalue weighted by Gasteiger charge is 2.21. The Hall–Kier alpha value is -4.21. The maximum atomic E-state index is 12.6. The first-order valence-corrected chi connectivity index (χ1v) is 10.0. The summed E-state index contributed by atoms with van der Waals surface area (Å²) in [4.78, 5) is 35.0. The molecule has 3 rings (SSSR count). The zero-order valence-electron chi connectivity index (χ0n) is 18.0. The Morgan fingerprint density at radius 1 is 1.06 bits per heavy atom. The van der Waals surface area contributed by atoms with Gasteiger partial charge in [-0.1, -0.05) is 18.2 Å². The van der Waals surface area contributed by atoms with E-state index in [0.717, 1.165) is 5.56 Å². The Labute approximate surface area is 184 Å². The van der Waals surface area contributed by atoms with Gasteiger partial charge in [0.25, 0.3) is 5.91 Å². The summed E-state index contributed by atoms with van der Waals surface area (Å²) in [6.07, 6.45) is 0. The fraction of sp³-hybridized carbons (Fsp3) is 0.227. The topological polar surface area (TPSA) is 131 Å². The highest BCUT2D eigenvalue weighted by molar-refractivity contribution is 6.04. The molecule has 3 aromatic rings. The number of rotatable bonds is 7. The Morgan fingerprint density at radius 2 is 1.72 bits per heavy atom. The number of hydrogen-bond acceptors (Lipinski definition) is 5. The van der Waals surface area contributed by atoms with Crippen LogP contribution in [0.5, 0.6) is 0 Å². The summed E-state index contributed by atoms with van der Waals surface area (Å²) in [7, 11) is 0. The van der Waals surface area contributed by atoms with Crippen molar-refractivity contribution in [1.82, 2.24) is 15.1 Å². The fourth-order valence-electron chi connectivity index (χ4n) is 3.25. The number of amides is 3. The van der Waals surface area contributed by atoms with Gasteiger partial charge >= 0.3 is 11.7 Å². The molecule has 0 bridgehead atoms. The van der Waals surface area contributed by atoms with E-state index in [1.807, 2.05) is 6.92 Å². The molecule has 166 valence electrons. The van der Waals surface area contributed by atoms with Crippen molar-refractivity contribution in [3.63, 3.8) is 0 Å². The molecule has 1 aromatic heterocycles. The third kappa shape index (κ3) is 5.28. The monoisotopic (exact) mass is 436 g/mol. The van der Waals surface area contributed by atoms with Crippen molar-refractivity contribution in [3.05, 3.63) is 81.2 Å². The van der Waals surface area contributed by atoms with E-state index in [2.05, 4.69) is 21.0 Å². The third-order valence-corrected chi connectivity index (χ3v) is 4.79. The molecule has 10 nitrogen and oxygen atoms in total. The second-order valence-electron chi connectivity index (χ2n) is 7.15. The molecule has 0 aliphatic rings. The third-order valence-electron chi connectivity index (χ3n) is 4.79. The summed E-state index contributed by atoms with van der Waals surface area (Å²) in [5.41, 5.74) is 3.28. The van der Waals surface area contributed by atoms with Crippen molar-refractivity contribution in [2.75, 3.05) is 17.2 Å². The highest BCUT2D eigenvalue weighted by Crippen LogP contribution is 2.23. The van der Waals surface area contributed by atoms with Gasteiger partial charge in [0.1, 0.15) is 11.4 Å². The van der Waals surface area contributed by atoms with Crippen LogP contribution in [-0.4, -0.2) is 33.2 Å². The summed E-state index contributed by atoms with van der Waals surface area (Å²) < 4.78 is 1.58. The SMILES string of the molecule is CCNC(=O)Nc1cccc(NC(=O)c2ccc(Cn3nc(C)c([N+](=O)[O-])c3C)cc2)c1. The number of carbonyl (C=O) groups is 2. The Bertz CT molecular complexity index is 1150. The Morgan fingerprint density at radius 3 is 2.31 bits per heavy atom. The molecule has 0 aliphatic carbocycles. The Balaban J connectivity index is 1.67. The van der Waals surface area contributed by atoms with E-state index in [1.165, 1.54) is 0 Å². The van der Waals surface area contributed by atoms with Gasteiger partial charge in [-0.2, -0.15) is 5.10 Å². The predicted molar refractivity (Wildman–Crippen MR) is 121 cm³/mol. The molecule has 32 heavy (non-hydrogen) atoms. The lowest BCUT2D eigenvalue weighted by molar-refractivity contribution is -0.386. The Kier molecular flexibility index (Phi) is 6.83. The molecule has 2 aromatic carbocycles. The van der Waals surface area contributed by atoms with Crippen molar-refractivity contribution in [2.45, 2.75) is 27.3 Å². The summed E-state index contributed by atoms with van der Waals surface area (Å²) in [6.45, 7) is 5.96. The van der Waals surface area contributed by atoms with Gasteiger partial charge in [0.05, 0.1) is 11.5 Å². The molecule has 3 amide bonds. The van der Waals surface area contributed by atoms with Crippen LogP contribution in [0.25, 0.3) is 0 Å². The molecule has 0 radical (unpaired) electrons. The first-order valence-electron chi connectivity index (χ1n) is 10.0. The lowest BCUT2D eigenvalue weighted by Gasteiger charge is -2.10. The minimum absolute atomic E-state index is 0.0184. The van der Waals surface area contributed by atoms with Crippen molar-refractivity contribution >= 4 is 29.0 Å². The van der Waals surface area contributed by atoms with Crippen molar-refractivity contribution in [2.24, 2.45) is 0 Å². The van der Waals surface area contributed by atoms with Crippen LogP contribution in [0.2, 0.25) is 0 Å². The zero-order chi connectivity index (χ0) is 23.3. The van der Waals surface area contributed by atoms with Crippen LogP contribution in [0.3, 0.4) is 0 Å². The number of benzene rings is 2. The predicted octanol–water partition coefficient (Wildman–Crippen LogP) is 3.85. The molecule has 0 aliphatic heterocycles. The minimum atomic E-state index is -0.428. The fourth-order valence-corrected chi connectivity index (χ4v) is 3.25.